The van der Waals surface area contributed by atoms with Gasteiger partial charge in [-0.05, 0) is 0 Å². The predicted molar refractivity (Wildman–Crippen MR) is 52.7 cm³/mol. The number of carbonyl (C=O) groups is 1. The average molecular weight is 196 g/mol. The van der Waals surface area contributed by atoms with Crippen LogP contribution in [-0.2, 0) is 18.3 Å². The van der Waals surface area contributed by atoms with Gasteiger partial charge in [-0.15, -0.1) is 0 Å². The Morgan fingerprint density at radius 3 is 3.00 bits per heavy atom. The van der Waals surface area contributed by atoms with Crippen molar-refractivity contribution in [3.8, 4) is 0 Å². The number of thioether (sulfide) groups is 1. The Hall–Kier alpha value is -0.770. The second kappa shape index (κ2) is 3.54. The van der Waals surface area contributed by atoms with Gasteiger partial charge in [-0.2, -0.15) is 11.8 Å². The van der Waals surface area contributed by atoms with Crippen molar-refractivity contribution in [1.82, 2.24) is 9.55 Å². The minimum Gasteiger partial charge on any atom is -0.337 e. The van der Waals surface area contributed by atoms with Crippen molar-refractivity contribution >= 4 is 17.5 Å². The lowest BCUT2D eigenvalue weighted by Gasteiger charge is -2.23. The summed E-state index contributed by atoms with van der Waals surface area (Å²) in [5.41, 5.74) is 1.02. The monoisotopic (exact) mass is 196 g/mol. The molecule has 0 unspecified atom stereocenters. The van der Waals surface area contributed by atoms with Gasteiger partial charge in [-0.3, -0.25) is 4.79 Å². The minimum absolute atomic E-state index is 0.305. The maximum absolute atomic E-state index is 11.6. The number of rotatable bonds is 3. The van der Waals surface area contributed by atoms with E-state index in [2.05, 4.69) is 4.98 Å². The van der Waals surface area contributed by atoms with Crippen molar-refractivity contribution < 1.29 is 4.79 Å². The zero-order valence-electron chi connectivity index (χ0n) is 7.56. The quantitative estimate of drug-likeness (QED) is 0.720. The zero-order valence-corrected chi connectivity index (χ0v) is 8.38. The van der Waals surface area contributed by atoms with E-state index in [-0.39, 0.29) is 0 Å². The second-order valence-electron chi connectivity index (χ2n) is 3.37. The lowest BCUT2D eigenvalue weighted by molar-refractivity contribution is -0.121. The molecule has 0 aliphatic carbocycles. The summed E-state index contributed by atoms with van der Waals surface area (Å²) in [7, 11) is 1.92. The first kappa shape index (κ1) is 8.81. The van der Waals surface area contributed by atoms with Crippen molar-refractivity contribution in [3.05, 3.63) is 18.2 Å². The highest BCUT2D eigenvalue weighted by atomic mass is 32.2. The first-order valence-electron chi connectivity index (χ1n) is 4.33. The molecule has 0 amide bonds. The van der Waals surface area contributed by atoms with E-state index in [1.54, 1.807) is 12.5 Å². The zero-order chi connectivity index (χ0) is 9.26. The normalized spacial score (nSPS) is 17.0. The third kappa shape index (κ3) is 1.77. The smallest absolute Gasteiger partial charge is 0.143 e. The molecule has 0 atom stereocenters. The molecular weight excluding hydrogens is 184 g/mol. The van der Waals surface area contributed by atoms with Crippen LogP contribution in [0.15, 0.2) is 12.5 Å². The molecule has 1 aromatic rings. The molecule has 1 aromatic heterocycles. The molecule has 0 radical (unpaired) electrons. The van der Waals surface area contributed by atoms with E-state index >= 15 is 0 Å². The molecule has 13 heavy (non-hydrogen) atoms. The number of carbonyl (C=O) groups excluding carboxylic acids is 1. The molecule has 3 nitrogen and oxygen atoms in total. The highest BCUT2D eigenvalue weighted by Gasteiger charge is 2.26. The Balaban J connectivity index is 1.97. The predicted octanol–water partition coefficient (Wildman–Crippen LogP) is 0.895. The van der Waals surface area contributed by atoms with Crippen molar-refractivity contribution in [2.75, 3.05) is 11.5 Å². The Morgan fingerprint density at radius 1 is 1.77 bits per heavy atom. The molecule has 0 aromatic carbocycles. The van der Waals surface area contributed by atoms with Gasteiger partial charge in [-0.1, -0.05) is 0 Å². The number of aryl methyl sites for hydroxylation is 1. The van der Waals surface area contributed by atoms with Crippen LogP contribution < -0.4 is 0 Å². The summed E-state index contributed by atoms with van der Waals surface area (Å²) in [5.74, 6) is 2.69. The van der Waals surface area contributed by atoms with Crippen LogP contribution in [0.4, 0.5) is 0 Å². The third-order valence-electron chi connectivity index (χ3n) is 2.37. The van der Waals surface area contributed by atoms with Crippen LogP contribution >= 0.6 is 11.8 Å². The van der Waals surface area contributed by atoms with Crippen molar-refractivity contribution in [2.24, 2.45) is 13.0 Å². The lowest BCUT2D eigenvalue weighted by atomic mass is 10.0. The van der Waals surface area contributed by atoms with Crippen molar-refractivity contribution in [3.63, 3.8) is 0 Å². The van der Waals surface area contributed by atoms with Gasteiger partial charge in [0, 0.05) is 42.8 Å². The fraction of sp³-hybridized carbons (Fsp3) is 0.556. The Kier molecular flexibility index (Phi) is 2.40. The summed E-state index contributed by atoms with van der Waals surface area (Å²) in [6.45, 7) is 0. The first-order chi connectivity index (χ1) is 6.27. The number of hydrogen-bond donors (Lipinski definition) is 0. The van der Waals surface area contributed by atoms with E-state index in [0.717, 1.165) is 17.2 Å². The summed E-state index contributed by atoms with van der Waals surface area (Å²) in [5, 5.41) is 0. The number of ketones is 1. The number of nitrogens with zero attached hydrogens (tertiary/aromatic N) is 2. The first-order valence-corrected chi connectivity index (χ1v) is 5.48. The minimum atomic E-state index is 0.305. The largest absolute Gasteiger partial charge is 0.337 e. The molecule has 2 heterocycles. The van der Waals surface area contributed by atoms with Gasteiger partial charge in [0.25, 0.3) is 0 Å². The number of hydrogen-bond acceptors (Lipinski definition) is 3. The van der Waals surface area contributed by atoms with Crippen molar-refractivity contribution in [1.29, 1.82) is 0 Å². The Bertz CT molecular complexity index is 317. The fourth-order valence-corrected chi connectivity index (χ4v) is 2.14. The number of aromatic nitrogens is 2. The summed E-state index contributed by atoms with van der Waals surface area (Å²) < 4.78 is 1.91. The summed E-state index contributed by atoms with van der Waals surface area (Å²) in [4.78, 5) is 15.6. The topological polar surface area (TPSA) is 34.9 Å². The Morgan fingerprint density at radius 2 is 2.54 bits per heavy atom. The molecular formula is C9H12N2OS. The second-order valence-corrected chi connectivity index (χ2v) is 4.45. The van der Waals surface area contributed by atoms with Gasteiger partial charge in [0.05, 0.1) is 6.33 Å². The van der Waals surface area contributed by atoms with Crippen LogP contribution in [-0.4, -0.2) is 26.8 Å². The number of imidazole rings is 1. The van der Waals surface area contributed by atoms with Gasteiger partial charge >= 0.3 is 0 Å². The highest BCUT2D eigenvalue weighted by molar-refractivity contribution is 8.00. The molecule has 70 valence electrons. The molecule has 0 saturated carbocycles. The van der Waals surface area contributed by atoms with Crippen LogP contribution in [0.1, 0.15) is 5.69 Å². The molecule has 0 N–H and O–H groups in total. The third-order valence-corrected chi connectivity index (χ3v) is 3.64. The summed E-state index contributed by atoms with van der Waals surface area (Å²) in [6, 6.07) is 0. The molecule has 2 rings (SSSR count). The van der Waals surface area contributed by atoms with E-state index in [1.807, 2.05) is 23.4 Å². The van der Waals surface area contributed by atoms with E-state index in [4.69, 9.17) is 0 Å². The van der Waals surface area contributed by atoms with Gasteiger partial charge in [0.2, 0.25) is 0 Å². The standard InChI is InChI=1S/C9H12N2OS/c1-11-6-10-3-8(11)2-9(12)7-4-13-5-7/h3,6-7H,2,4-5H2,1H3. The van der Waals surface area contributed by atoms with Crippen LogP contribution in [0.3, 0.4) is 0 Å². The molecule has 1 aliphatic heterocycles. The molecule has 4 heteroatoms. The fourth-order valence-electron chi connectivity index (χ4n) is 1.30. The number of Topliss-reactive ketones (excluding diaryl/α,β-unsaturated/α-hetero) is 1. The average Bonchev–Trinajstić information content (AvgIpc) is 2.32. The molecule has 1 fully saturated rings. The van der Waals surface area contributed by atoms with Crippen LogP contribution in [0.25, 0.3) is 0 Å². The molecule has 0 bridgehead atoms. The Labute approximate surface area is 81.5 Å². The van der Waals surface area contributed by atoms with Gasteiger partial charge in [0.15, 0.2) is 0 Å². The SMILES string of the molecule is Cn1cncc1CC(=O)C1CSC1. The van der Waals surface area contributed by atoms with Crippen LogP contribution in [0.5, 0.6) is 0 Å². The van der Waals surface area contributed by atoms with Gasteiger partial charge < -0.3 is 4.57 Å². The molecule has 0 spiro atoms. The van der Waals surface area contributed by atoms with Crippen LogP contribution in [0, 0.1) is 5.92 Å². The van der Waals surface area contributed by atoms with Gasteiger partial charge in [0.1, 0.15) is 5.78 Å². The molecule has 1 saturated heterocycles. The highest BCUT2D eigenvalue weighted by Crippen LogP contribution is 2.26. The van der Waals surface area contributed by atoms with E-state index < -0.39 is 0 Å². The van der Waals surface area contributed by atoms with Gasteiger partial charge in [-0.25, -0.2) is 4.98 Å². The van der Waals surface area contributed by atoms with E-state index in [9.17, 15) is 4.79 Å². The van der Waals surface area contributed by atoms with E-state index in [1.165, 1.54) is 0 Å². The summed E-state index contributed by atoms with van der Waals surface area (Å²) >= 11 is 1.85. The maximum Gasteiger partial charge on any atom is 0.143 e. The lowest BCUT2D eigenvalue weighted by Crippen LogP contribution is -2.29. The van der Waals surface area contributed by atoms with Crippen molar-refractivity contribution in [2.45, 2.75) is 6.42 Å². The van der Waals surface area contributed by atoms with Crippen LogP contribution in [0.2, 0.25) is 0 Å². The molecule has 1 aliphatic rings. The van der Waals surface area contributed by atoms with E-state index in [0.29, 0.717) is 18.1 Å². The summed E-state index contributed by atoms with van der Waals surface area (Å²) in [6.07, 6.45) is 4.05. The maximum atomic E-state index is 11.6.